The molecule has 2 unspecified atom stereocenters. The normalized spacial score (nSPS) is 24.2. The Labute approximate surface area is 127 Å². The van der Waals surface area contributed by atoms with Crippen molar-refractivity contribution < 1.29 is 24.2 Å². The number of carbonyl (C=O) groups excluding carboxylic acids is 3. The Hall–Kier alpha value is -2.41. The van der Waals surface area contributed by atoms with E-state index in [4.69, 9.17) is 10.5 Å². The van der Waals surface area contributed by atoms with Gasteiger partial charge in [-0.3, -0.25) is 14.4 Å². The summed E-state index contributed by atoms with van der Waals surface area (Å²) in [6, 6.07) is 6.42. The molecule has 1 aromatic carbocycles. The van der Waals surface area contributed by atoms with Gasteiger partial charge in [-0.25, -0.2) is 0 Å². The Kier molecular flexibility index (Phi) is 4.46. The van der Waals surface area contributed by atoms with Crippen LogP contribution in [0.1, 0.15) is 12.5 Å². The molecule has 1 aromatic rings. The zero-order valence-corrected chi connectivity index (χ0v) is 12.0. The first-order valence-electron chi connectivity index (χ1n) is 6.74. The molecule has 0 bridgehead atoms. The van der Waals surface area contributed by atoms with Crippen LogP contribution in [0.25, 0.3) is 0 Å². The number of Topliss-reactive ketones (excluding diaryl/α,β-unsaturated/α-hetero) is 1. The lowest BCUT2D eigenvalue weighted by molar-refractivity contribution is -0.138. The van der Waals surface area contributed by atoms with Crippen molar-refractivity contribution in [2.24, 2.45) is 5.73 Å². The molecule has 0 aromatic heterocycles. The fourth-order valence-electron chi connectivity index (χ4n) is 2.38. The molecule has 1 radical (unpaired) electrons. The van der Waals surface area contributed by atoms with Gasteiger partial charge >= 0.3 is 0 Å². The van der Waals surface area contributed by atoms with Crippen LogP contribution in [0, 0.1) is 6.42 Å². The van der Waals surface area contributed by atoms with Gasteiger partial charge in [0.05, 0.1) is 12.5 Å². The van der Waals surface area contributed by atoms with Crippen molar-refractivity contribution >= 4 is 17.6 Å². The fraction of sp³-hybridized carbons (Fsp3) is 0.333. The third-order valence-corrected chi connectivity index (χ3v) is 3.66. The molecule has 2 atom stereocenters. The van der Waals surface area contributed by atoms with E-state index in [1.165, 1.54) is 25.5 Å². The average Bonchev–Trinajstić information content (AvgIpc) is 2.74. The van der Waals surface area contributed by atoms with E-state index >= 15 is 0 Å². The van der Waals surface area contributed by atoms with Gasteiger partial charge in [-0.1, -0.05) is 12.1 Å². The van der Waals surface area contributed by atoms with Gasteiger partial charge in [-0.05, 0) is 31.0 Å². The molecule has 2 rings (SSSR count). The summed E-state index contributed by atoms with van der Waals surface area (Å²) in [6.45, 7) is 1.24. The lowest BCUT2D eigenvalue weighted by Gasteiger charge is -2.28. The largest absolute Gasteiger partial charge is 0.508 e. The van der Waals surface area contributed by atoms with Crippen LogP contribution in [0.5, 0.6) is 5.75 Å². The number of benzene rings is 1. The number of hydrogen-bond acceptors (Lipinski definition) is 5. The molecular formula is C15H17N2O5. The van der Waals surface area contributed by atoms with Crippen molar-refractivity contribution in [3.8, 4) is 5.75 Å². The number of primary amides is 1. The van der Waals surface area contributed by atoms with E-state index in [1.54, 1.807) is 12.1 Å². The minimum Gasteiger partial charge on any atom is -0.508 e. The number of nitrogens with two attached hydrogens (primary N) is 1. The Balaban J connectivity index is 2.04. The highest BCUT2D eigenvalue weighted by Crippen LogP contribution is 2.23. The van der Waals surface area contributed by atoms with Crippen molar-refractivity contribution in [1.29, 1.82) is 0 Å². The van der Waals surface area contributed by atoms with Crippen LogP contribution in [0.15, 0.2) is 24.3 Å². The summed E-state index contributed by atoms with van der Waals surface area (Å²) in [5, 5.41) is 11.7. The summed E-state index contributed by atoms with van der Waals surface area (Å²) in [5.41, 5.74) is 4.17. The number of rotatable bonds is 5. The number of ether oxygens (including phenoxy) is 1. The molecule has 22 heavy (non-hydrogen) atoms. The van der Waals surface area contributed by atoms with Crippen molar-refractivity contribution in [3.05, 3.63) is 36.2 Å². The van der Waals surface area contributed by atoms with Gasteiger partial charge in [0.1, 0.15) is 12.4 Å². The molecule has 4 N–H and O–H groups in total. The van der Waals surface area contributed by atoms with Crippen molar-refractivity contribution in [2.75, 3.05) is 6.61 Å². The molecule has 0 spiro atoms. The maximum atomic E-state index is 12.0. The van der Waals surface area contributed by atoms with E-state index < -0.39 is 29.2 Å². The molecule has 117 valence electrons. The van der Waals surface area contributed by atoms with Crippen LogP contribution >= 0.6 is 0 Å². The minimum absolute atomic E-state index is 0.0907. The van der Waals surface area contributed by atoms with Gasteiger partial charge in [0.15, 0.2) is 5.78 Å². The number of hydrogen-bond donors (Lipinski definition) is 3. The number of carbonyl (C=O) groups is 3. The maximum absolute atomic E-state index is 12.0. The second-order valence-electron chi connectivity index (χ2n) is 5.12. The first-order chi connectivity index (χ1) is 10.4. The van der Waals surface area contributed by atoms with Gasteiger partial charge < -0.3 is 20.9 Å². The van der Waals surface area contributed by atoms with Crippen LogP contribution in [0.2, 0.25) is 0 Å². The van der Waals surface area contributed by atoms with Crippen molar-refractivity contribution in [3.63, 3.8) is 0 Å². The molecule has 7 nitrogen and oxygen atoms in total. The van der Waals surface area contributed by atoms with Crippen LogP contribution in [-0.4, -0.2) is 41.0 Å². The Morgan fingerprint density at radius 1 is 1.55 bits per heavy atom. The minimum atomic E-state index is -1.83. The SMILES string of the molecule is CC1OCC(=O)C1(NC(=O)[CH]Cc1cccc(O)c1)C(N)=O. The first kappa shape index (κ1) is 16.0. The maximum Gasteiger partial charge on any atom is 0.253 e. The second kappa shape index (κ2) is 6.15. The molecule has 1 saturated heterocycles. The number of nitrogens with one attached hydrogen (secondary N) is 1. The number of ketones is 1. The van der Waals surface area contributed by atoms with E-state index in [2.05, 4.69) is 5.32 Å². The first-order valence-corrected chi connectivity index (χ1v) is 6.74. The Morgan fingerprint density at radius 3 is 2.82 bits per heavy atom. The molecular weight excluding hydrogens is 288 g/mol. The number of aromatic hydroxyl groups is 1. The topological polar surface area (TPSA) is 119 Å². The van der Waals surface area contributed by atoms with Gasteiger partial charge in [0, 0.05) is 0 Å². The molecule has 1 aliphatic heterocycles. The zero-order valence-electron chi connectivity index (χ0n) is 12.0. The molecule has 2 amide bonds. The molecule has 0 saturated carbocycles. The van der Waals surface area contributed by atoms with Gasteiger partial charge in [0.2, 0.25) is 11.4 Å². The van der Waals surface area contributed by atoms with Gasteiger partial charge in [-0.15, -0.1) is 0 Å². The fourth-order valence-corrected chi connectivity index (χ4v) is 2.38. The van der Waals surface area contributed by atoms with Crippen LogP contribution in [0.3, 0.4) is 0 Å². The zero-order chi connectivity index (χ0) is 16.3. The Bertz CT molecular complexity index is 616. The monoisotopic (exact) mass is 305 g/mol. The molecule has 7 heteroatoms. The van der Waals surface area contributed by atoms with Crippen molar-refractivity contribution in [2.45, 2.75) is 25.0 Å². The predicted molar refractivity (Wildman–Crippen MR) is 76.6 cm³/mol. The summed E-state index contributed by atoms with van der Waals surface area (Å²) < 4.78 is 5.11. The van der Waals surface area contributed by atoms with Crippen molar-refractivity contribution in [1.82, 2.24) is 5.32 Å². The van der Waals surface area contributed by atoms with E-state index in [0.717, 1.165) is 0 Å². The summed E-state index contributed by atoms with van der Waals surface area (Å²) >= 11 is 0. The number of phenols is 1. The molecule has 1 fully saturated rings. The van der Waals surface area contributed by atoms with E-state index in [0.29, 0.717) is 5.56 Å². The highest BCUT2D eigenvalue weighted by atomic mass is 16.5. The third kappa shape index (κ3) is 2.94. The third-order valence-electron chi connectivity index (χ3n) is 3.66. The van der Waals surface area contributed by atoms with E-state index in [9.17, 15) is 19.5 Å². The number of phenolic OH excluding ortho intramolecular Hbond substituents is 1. The molecule has 0 aliphatic carbocycles. The van der Waals surface area contributed by atoms with Gasteiger partial charge in [0.25, 0.3) is 5.91 Å². The van der Waals surface area contributed by atoms with Gasteiger partial charge in [-0.2, -0.15) is 0 Å². The quantitative estimate of drug-likeness (QED) is 0.632. The van der Waals surface area contributed by atoms with E-state index in [1.807, 2.05) is 0 Å². The highest BCUT2D eigenvalue weighted by Gasteiger charge is 2.55. The average molecular weight is 305 g/mol. The van der Waals surface area contributed by atoms with Crippen LogP contribution in [0.4, 0.5) is 0 Å². The molecule has 1 aliphatic rings. The van der Waals surface area contributed by atoms with E-state index in [-0.39, 0.29) is 18.8 Å². The number of amides is 2. The summed E-state index contributed by atoms with van der Waals surface area (Å²) in [5.74, 6) is -2.02. The van der Waals surface area contributed by atoms with Crippen LogP contribution < -0.4 is 11.1 Å². The smallest absolute Gasteiger partial charge is 0.253 e. The lowest BCUT2D eigenvalue weighted by atomic mass is 9.89. The predicted octanol–water partition coefficient (Wildman–Crippen LogP) is -0.533. The molecule has 1 heterocycles. The highest BCUT2D eigenvalue weighted by molar-refractivity contribution is 6.15. The summed E-state index contributed by atoms with van der Waals surface area (Å²) in [6.07, 6.45) is 0.687. The summed E-state index contributed by atoms with van der Waals surface area (Å²) in [4.78, 5) is 35.6. The Morgan fingerprint density at radius 2 is 2.27 bits per heavy atom. The standard InChI is InChI=1S/C15H17N2O5/c1-9-15(14(16)21,12(19)8-22-9)17-13(20)6-5-10-3-2-4-11(18)7-10/h2-4,6-7,9,18H,5,8H2,1H3,(H2,16,21)(H,17,20). The summed E-state index contributed by atoms with van der Waals surface area (Å²) in [7, 11) is 0. The van der Waals surface area contributed by atoms with Crippen LogP contribution in [-0.2, 0) is 25.5 Å². The second-order valence-corrected chi connectivity index (χ2v) is 5.12. The lowest BCUT2D eigenvalue weighted by Crippen LogP contribution is -2.65.